The average Bonchev–Trinajstić information content (AvgIpc) is 2.85. The van der Waals surface area contributed by atoms with Gasteiger partial charge < -0.3 is 9.88 Å². The largest absolute Gasteiger partial charge is 0.361 e. The van der Waals surface area contributed by atoms with Crippen molar-refractivity contribution in [1.29, 1.82) is 0 Å². The van der Waals surface area contributed by atoms with E-state index < -0.39 is 0 Å². The van der Waals surface area contributed by atoms with E-state index in [0.717, 1.165) is 11.8 Å². The van der Waals surface area contributed by atoms with E-state index in [9.17, 15) is 0 Å². The van der Waals surface area contributed by atoms with E-state index in [4.69, 9.17) is 0 Å². The molecule has 0 unspecified atom stereocenters. The summed E-state index contributed by atoms with van der Waals surface area (Å²) in [5.74, 6) is 1.58. The number of benzene rings is 1. The van der Waals surface area contributed by atoms with Gasteiger partial charge in [0.2, 0.25) is 0 Å². The number of nitrogens with zero attached hydrogens (tertiary/aromatic N) is 1. The maximum Gasteiger partial charge on any atom is 0.0459 e. The first-order chi connectivity index (χ1) is 9.28. The van der Waals surface area contributed by atoms with Crippen LogP contribution in [0.4, 0.5) is 0 Å². The Hall–Kier alpha value is -0.550. The lowest BCUT2D eigenvalue weighted by molar-refractivity contribution is 0.122. The van der Waals surface area contributed by atoms with Gasteiger partial charge in [-0.1, -0.05) is 34.7 Å². The molecule has 0 bridgehead atoms. The number of aromatic nitrogens is 1. The second-order valence-corrected chi connectivity index (χ2v) is 7.04. The Kier molecular flexibility index (Phi) is 2.88. The van der Waals surface area contributed by atoms with E-state index in [1.165, 1.54) is 40.3 Å². The van der Waals surface area contributed by atoms with Crippen LogP contribution in [-0.2, 0) is 6.42 Å². The first-order valence-electron chi connectivity index (χ1n) is 7.13. The zero-order valence-corrected chi connectivity index (χ0v) is 13.4. The molecule has 2 nitrogen and oxygen atoms in total. The van der Waals surface area contributed by atoms with Gasteiger partial charge in [-0.2, -0.15) is 0 Å². The summed E-state index contributed by atoms with van der Waals surface area (Å²) in [7, 11) is 2.31. The number of likely N-dealkylation sites (tertiary alicyclic amines) is 1. The third kappa shape index (κ3) is 1.77. The smallest absolute Gasteiger partial charge is 0.0459 e. The van der Waals surface area contributed by atoms with Gasteiger partial charge in [0.05, 0.1) is 0 Å². The number of alkyl halides is 1. The van der Waals surface area contributed by atoms with Gasteiger partial charge in [0.1, 0.15) is 0 Å². The summed E-state index contributed by atoms with van der Waals surface area (Å²) >= 11 is 2.55. The number of likely N-dealkylation sites (N-methyl/N-ethyl adjacent to an activating group) is 1. The SMILES string of the molecule is CN1C[C@H](CI)C[C@@H]2c3cccc4[nH]cc(c34)C[C@H]21. The van der Waals surface area contributed by atoms with Crippen molar-refractivity contribution in [2.75, 3.05) is 18.0 Å². The lowest BCUT2D eigenvalue weighted by atomic mass is 9.73. The molecule has 0 amide bonds. The summed E-state index contributed by atoms with van der Waals surface area (Å²) in [5.41, 5.74) is 4.43. The van der Waals surface area contributed by atoms with Gasteiger partial charge in [-0.15, -0.1) is 0 Å². The average molecular weight is 366 g/mol. The number of nitrogens with one attached hydrogen (secondary N) is 1. The molecule has 1 N–H and O–H groups in total. The van der Waals surface area contributed by atoms with Gasteiger partial charge >= 0.3 is 0 Å². The predicted molar refractivity (Wildman–Crippen MR) is 88.2 cm³/mol. The summed E-state index contributed by atoms with van der Waals surface area (Å²) in [6.07, 6.45) is 4.80. The maximum atomic E-state index is 3.45. The topological polar surface area (TPSA) is 19.0 Å². The lowest BCUT2D eigenvalue weighted by Gasteiger charge is -2.45. The molecule has 4 rings (SSSR count). The number of hydrogen-bond donors (Lipinski definition) is 1. The maximum absolute atomic E-state index is 3.45. The fraction of sp³-hybridized carbons (Fsp3) is 0.500. The quantitative estimate of drug-likeness (QED) is 0.604. The van der Waals surface area contributed by atoms with Crippen molar-refractivity contribution in [2.45, 2.75) is 24.8 Å². The third-order valence-electron chi connectivity index (χ3n) is 5.03. The van der Waals surface area contributed by atoms with Crippen LogP contribution in [0.3, 0.4) is 0 Å². The summed E-state index contributed by atoms with van der Waals surface area (Å²) in [4.78, 5) is 6.05. The highest BCUT2D eigenvalue weighted by Gasteiger charge is 2.38. The molecule has 3 atom stereocenters. The molecule has 0 spiro atoms. The van der Waals surface area contributed by atoms with E-state index in [2.05, 4.69) is 63.9 Å². The Labute approximate surface area is 127 Å². The normalized spacial score (nSPS) is 30.5. The Balaban J connectivity index is 1.86. The zero-order chi connectivity index (χ0) is 13.0. The van der Waals surface area contributed by atoms with Crippen LogP contribution >= 0.6 is 22.6 Å². The molecule has 1 aromatic heterocycles. The molecular formula is C16H19IN2. The van der Waals surface area contributed by atoms with Crippen molar-refractivity contribution < 1.29 is 0 Å². The van der Waals surface area contributed by atoms with E-state index >= 15 is 0 Å². The second-order valence-electron chi connectivity index (χ2n) is 6.16. The second kappa shape index (κ2) is 4.48. The summed E-state index contributed by atoms with van der Waals surface area (Å²) in [6, 6.07) is 7.49. The number of rotatable bonds is 1. The zero-order valence-electron chi connectivity index (χ0n) is 11.2. The molecule has 1 fully saturated rings. The van der Waals surface area contributed by atoms with Crippen LogP contribution in [-0.4, -0.2) is 33.9 Å². The van der Waals surface area contributed by atoms with Gasteiger partial charge in [0.25, 0.3) is 0 Å². The van der Waals surface area contributed by atoms with E-state index in [0.29, 0.717) is 6.04 Å². The molecular weight excluding hydrogens is 347 g/mol. The standard InChI is InChI=1S/C16H19IN2/c1-19-9-10(7-17)5-13-12-3-2-4-14-16(12)11(8-18-14)6-15(13)19/h2-4,8,10,13,15,18H,5-7,9H2,1H3/t10-,13+,15+/m0/s1. The van der Waals surface area contributed by atoms with Gasteiger partial charge in [-0.3, -0.25) is 0 Å². The minimum absolute atomic E-state index is 0.702. The molecule has 0 saturated carbocycles. The fourth-order valence-electron chi connectivity index (χ4n) is 4.17. The summed E-state index contributed by atoms with van der Waals surface area (Å²) in [6.45, 7) is 1.26. The highest BCUT2D eigenvalue weighted by molar-refractivity contribution is 14.1. The lowest BCUT2D eigenvalue weighted by Crippen LogP contribution is -2.48. The third-order valence-corrected chi connectivity index (χ3v) is 6.28. The van der Waals surface area contributed by atoms with Gasteiger partial charge in [-0.25, -0.2) is 0 Å². The molecule has 1 saturated heterocycles. The van der Waals surface area contributed by atoms with Crippen LogP contribution in [0, 0.1) is 5.92 Å². The van der Waals surface area contributed by atoms with Crippen LogP contribution in [0.5, 0.6) is 0 Å². The molecule has 0 radical (unpaired) electrons. The predicted octanol–water partition coefficient (Wildman–Crippen LogP) is 3.56. The number of halogens is 1. The van der Waals surface area contributed by atoms with Gasteiger partial charge in [-0.05, 0) is 43.0 Å². The first kappa shape index (κ1) is 12.2. The highest BCUT2D eigenvalue weighted by atomic mass is 127. The Morgan fingerprint density at radius 1 is 1.42 bits per heavy atom. The first-order valence-corrected chi connectivity index (χ1v) is 8.65. The van der Waals surface area contributed by atoms with Crippen LogP contribution in [0.25, 0.3) is 10.9 Å². The van der Waals surface area contributed by atoms with Crippen molar-refractivity contribution in [3.63, 3.8) is 0 Å². The molecule has 1 aliphatic heterocycles. The monoisotopic (exact) mass is 366 g/mol. The Bertz CT molecular complexity index is 618. The molecule has 2 aromatic rings. The van der Waals surface area contributed by atoms with E-state index in [1.807, 2.05) is 0 Å². The van der Waals surface area contributed by atoms with Crippen LogP contribution in [0.15, 0.2) is 24.4 Å². The van der Waals surface area contributed by atoms with Gasteiger partial charge in [0, 0.05) is 40.0 Å². The molecule has 2 heterocycles. The van der Waals surface area contributed by atoms with Crippen molar-refractivity contribution in [3.05, 3.63) is 35.5 Å². The Morgan fingerprint density at radius 3 is 3.16 bits per heavy atom. The van der Waals surface area contributed by atoms with Gasteiger partial charge in [0.15, 0.2) is 0 Å². The number of piperidine rings is 1. The van der Waals surface area contributed by atoms with E-state index in [-0.39, 0.29) is 0 Å². The minimum atomic E-state index is 0.702. The summed E-state index contributed by atoms with van der Waals surface area (Å²) in [5, 5.41) is 1.52. The minimum Gasteiger partial charge on any atom is -0.361 e. The van der Waals surface area contributed by atoms with Crippen molar-refractivity contribution >= 4 is 33.5 Å². The molecule has 1 aromatic carbocycles. The molecule has 3 heteroatoms. The van der Waals surface area contributed by atoms with Crippen molar-refractivity contribution in [2.24, 2.45) is 5.92 Å². The molecule has 1 aliphatic carbocycles. The van der Waals surface area contributed by atoms with Crippen LogP contribution in [0.2, 0.25) is 0 Å². The molecule has 2 aliphatic rings. The highest BCUT2D eigenvalue weighted by Crippen LogP contribution is 2.44. The number of aromatic amines is 1. The summed E-state index contributed by atoms with van der Waals surface area (Å²) < 4.78 is 1.28. The Morgan fingerprint density at radius 2 is 2.32 bits per heavy atom. The van der Waals surface area contributed by atoms with E-state index in [1.54, 1.807) is 5.56 Å². The molecule has 100 valence electrons. The number of fused-ring (bicyclic) bond motifs is 2. The van der Waals surface area contributed by atoms with Crippen LogP contribution in [0.1, 0.15) is 23.5 Å². The van der Waals surface area contributed by atoms with Crippen LogP contribution < -0.4 is 0 Å². The molecule has 19 heavy (non-hydrogen) atoms. The number of H-pyrrole nitrogens is 1. The van der Waals surface area contributed by atoms with Crippen molar-refractivity contribution in [1.82, 2.24) is 9.88 Å². The number of hydrogen-bond acceptors (Lipinski definition) is 1. The van der Waals surface area contributed by atoms with Crippen molar-refractivity contribution in [3.8, 4) is 0 Å². The fourth-order valence-corrected chi connectivity index (χ4v) is 4.80.